The Morgan fingerprint density at radius 3 is 1.96 bits per heavy atom. The van der Waals surface area contributed by atoms with Gasteiger partial charge in [0.15, 0.2) is 9.84 Å². The SMILES string of the molecule is COc1ccc(S(=O)(=O)CCNS(=O)(=O)c2ccc(C)cc2)cc1. The number of methoxy groups -OCH3 is 1. The molecule has 0 aliphatic rings. The van der Waals surface area contributed by atoms with Crippen LogP contribution in [-0.4, -0.2) is 36.2 Å². The quantitative estimate of drug-likeness (QED) is 0.803. The van der Waals surface area contributed by atoms with Crippen LogP contribution < -0.4 is 9.46 Å². The Kier molecular flexibility index (Phi) is 5.63. The number of sulfonamides is 1. The molecule has 0 aromatic heterocycles. The Morgan fingerprint density at radius 2 is 1.42 bits per heavy atom. The van der Waals surface area contributed by atoms with Crippen LogP contribution in [0.3, 0.4) is 0 Å². The third-order valence-corrected chi connectivity index (χ3v) is 6.62. The zero-order valence-electron chi connectivity index (χ0n) is 13.4. The average molecular weight is 369 g/mol. The lowest BCUT2D eigenvalue weighted by molar-refractivity contribution is 0.414. The number of hydrogen-bond acceptors (Lipinski definition) is 5. The maximum atomic E-state index is 12.2. The van der Waals surface area contributed by atoms with Crippen LogP contribution in [0.5, 0.6) is 5.75 Å². The van der Waals surface area contributed by atoms with Gasteiger partial charge in [-0.2, -0.15) is 0 Å². The van der Waals surface area contributed by atoms with Crippen LogP contribution in [0.4, 0.5) is 0 Å². The van der Waals surface area contributed by atoms with E-state index in [-0.39, 0.29) is 22.1 Å². The average Bonchev–Trinajstić information content (AvgIpc) is 2.55. The van der Waals surface area contributed by atoms with Crippen molar-refractivity contribution in [2.24, 2.45) is 0 Å². The van der Waals surface area contributed by atoms with Gasteiger partial charge in [0.2, 0.25) is 10.0 Å². The monoisotopic (exact) mass is 369 g/mol. The standard InChI is InChI=1S/C16H19NO5S2/c1-13-3-7-16(8-4-13)24(20,21)17-11-12-23(18,19)15-9-5-14(22-2)6-10-15/h3-10,17H,11-12H2,1-2H3. The molecule has 0 amide bonds. The molecule has 2 aromatic carbocycles. The minimum absolute atomic E-state index is 0.106. The molecular formula is C16H19NO5S2. The van der Waals surface area contributed by atoms with Gasteiger partial charge in [-0.15, -0.1) is 0 Å². The van der Waals surface area contributed by atoms with E-state index < -0.39 is 19.9 Å². The van der Waals surface area contributed by atoms with Gasteiger partial charge in [-0.3, -0.25) is 0 Å². The summed E-state index contributed by atoms with van der Waals surface area (Å²) >= 11 is 0. The largest absolute Gasteiger partial charge is 0.497 e. The van der Waals surface area contributed by atoms with Crippen LogP contribution in [0.15, 0.2) is 58.3 Å². The lowest BCUT2D eigenvalue weighted by Gasteiger charge is -2.08. The summed E-state index contributed by atoms with van der Waals surface area (Å²) in [5, 5.41) is 0. The second-order valence-electron chi connectivity index (χ2n) is 5.21. The van der Waals surface area contributed by atoms with Gasteiger partial charge < -0.3 is 4.74 Å². The molecule has 1 N–H and O–H groups in total. The van der Waals surface area contributed by atoms with E-state index in [9.17, 15) is 16.8 Å². The third-order valence-electron chi connectivity index (χ3n) is 3.41. The Morgan fingerprint density at radius 1 is 0.875 bits per heavy atom. The first-order valence-corrected chi connectivity index (χ1v) is 10.3. The molecule has 24 heavy (non-hydrogen) atoms. The summed E-state index contributed by atoms with van der Waals surface area (Å²) in [6, 6.07) is 12.3. The fourth-order valence-electron chi connectivity index (χ4n) is 2.01. The highest BCUT2D eigenvalue weighted by Gasteiger charge is 2.18. The van der Waals surface area contributed by atoms with Crippen molar-refractivity contribution in [3.63, 3.8) is 0 Å². The molecule has 0 fully saturated rings. The Balaban J connectivity index is 2.02. The van der Waals surface area contributed by atoms with Gasteiger partial charge >= 0.3 is 0 Å². The first kappa shape index (κ1) is 18.4. The van der Waals surface area contributed by atoms with E-state index in [4.69, 9.17) is 4.74 Å². The molecule has 0 atom stereocenters. The smallest absolute Gasteiger partial charge is 0.240 e. The summed E-state index contributed by atoms with van der Waals surface area (Å²) in [5.41, 5.74) is 0.941. The summed E-state index contributed by atoms with van der Waals surface area (Å²) in [6.07, 6.45) is 0. The van der Waals surface area contributed by atoms with E-state index in [2.05, 4.69) is 4.72 Å². The molecule has 0 unspecified atom stereocenters. The molecule has 0 aliphatic carbocycles. The van der Waals surface area contributed by atoms with Gasteiger partial charge in [-0.05, 0) is 43.3 Å². The molecule has 2 rings (SSSR count). The predicted molar refractivity (Wildman–Crippen MR) is 91.4 cm³/mol. The number of nitrogens with one attached hydrogen (secondary N) is 1. The molecule has 8 heteroatoms. The van der Waals surface area contributed by atoms with E-state index in [0.29, 0.717) is 5.75 Å². The van der Waals surface area contributed by atoms with Gasteiger partial charge in [0.25, 0.3) is 0 Å². The number of ether oxygens (including phenoxy) is 1. The fraction of sp³-hybridized carbons (Fsp3) is 0.250. The summed E-state index contributed by atoms with van der Waals surface area (Å²) in [7, 11) is -5.82. The molecule has 2 aromatic rings. The minimum atomic E-state index is -3.73. The molecular weight excluding hydrogens is 350 g/mol. The van der Waals surface area contributed by atoms with Crippen LogP contribution in [0, 0.1) is 6.92 Å². The van der Waals surface area contributed by atoms with Crippen molar-refractivity contribution in [1.29, 1.82) is 0 Å². The van der Waals surface area contributed by atoms with E-state index in [1.807, 2.05) is 6.92 Å². The number of rotatable bonds is 7. The van der Waals surface area contributed by atoms with E-state index in [1.54, 1.807) is 24.3 Å². The van der Waals surface area contributed by atoms with Crippen molar-refractivity contribution in [2.75, 3.05) is 19.4 Å². The van der Waals surface area contributed by atoms with Gasteiger partial charge in [0.05, 0.1) is 22.7 Å². The summed E-state index contributed by atoms with van der Waals surface area (Å²) in [4.78, 5) is 0.229. The zero-order chi connectivity index (χ0) is 17.8. The van der Waals surface area contributed by atoms with Crippen LogP contribution in [0.25, 0.3) is 0 Å². The molecule has 6 nitrogen and oxygen atoms in total. The van der Waals surface area contributed by atoms with Crippen LogP contribution in [0.1, 0.15) is 5.56 Å². The Bertz CT molecular complexity index is 886. The molecule has 0 spiro atoms. The highest BCUT2D eigenvalue weighted by molar-refractivity contribution is 7.91. The first-order valence-electron chi connectivity index (χ1n) is 7.18. The lowest BCUT2D eigenvalue weighted by Crippen LogP contribution is -2.29. The van der Waals surface area contributed by atoms with Crippen molar-refractivity contribution >= 4 is 19.9 Å². The molecule has 0 aliphatic heterocycles. The highest BCUT2D eigenvalue weighted by Crippen LogP contribution is 2.16. The third kappa shape index (κ3) is 4.56. The molecule has 0 heterocycles. The number of hydrogen-bond donors (Lipinski definition) is 1. The first-order chi connectivity index (χ1) is 11.2. The van der Waals surface area contributed by atoms with E-state index in [0.717, 1.165) is 5.56 Å². The van der Waals surface area contributed by atoms with Crippen molar-refractivity contribution in [2.45, 2.75) is 16.7 Å². The van der Waals surface area contributed by atoms with Crippen molar-refractivity contribution < 1.29 is 21.6 Å². The maximum Gasteiger partial charge on any atom is 0.240 e. The minimum Gasteiger partial charge on any atom is -0.497 e. The molecule has 0 saturated heterocycles. The Hall–Kier alpha value is -1.90. The summed E-state index contributed by atoms with van der Waals surface area (Å²) < 4.78 is 56.0. The van der Waals surface area contributed by atoms with Crippen molar-refractivity contribution in [1.82, 2.24) is 4.72 Å². The maximum absolute atomic E-state index is 12.2. The highest BCUT2D eigenvalue weighted by atomic mass is 32.2. The summed E-state index contributed by atoms with van der Waals surface area (Å²) in [6.45, 7) is 1.65. The van der Waals surface area contributed by atoms with E-state index in [1.165, 1.54) is 31.4 Å². The number of sulfone groups is 1. The van der Waals surface area contributed by atoms with Crippen LogP contribution >= 0.6 is 0 Å². The normalized spacial score (nSPS) is 12.1. The second-order valence-corrected chi connectivity index (χ2v) is 9.08. The van der Waals surface area contributed by atoms with Gasteiger partial charge in [0, 0.05) is 6.54 Å². The molecule has 0 radical (unpaired) electrons. The number of aryl methyl sites for hydroxylation is 1. The second kappa shape index (κ2) is 7.33. The predicted octanol–water partition coefficient (Wildman–Crippen LogP) is 1.76. The molecule has 0 bridgehead atoms. The van der Waals surface area contributed by atoms with E-state index >= 15 is 0 Å². The number of benzene rings is 2. The van der Waals surface area contributed by atoms with Crippen LogP contribution in [0.2, 0.25) is 0 Å². The van der Waals surface area contributed by atoms with Gasteiger partial charge in [0.1, 0.15) is 5.75 Å². The summed E-state index contributed by atoms with van der Waals surface area (Å²) in [5.74, 6) is 0.221. The molecule has 0 saturated carbocycles. The van der Waals surface area contributed by atoms with Crippen LogP contribution in [-0.2, 0) is 19.9 Å². The van der Waals surface area contributed by atoms with Crippen molar-refractivity contribution in [3.05, 3.63) is 54.1 Å². The molecule has 130 valence electrons. The Labute approximate surface area is 142 Å². The topological polar surface area (TPSA) is 89.5 Å². The van der Waals surface area contributed by atoms with Gasteiger partial charge in [-0.1, -0.05) is 17.7 Å². The van der Waals surface area contributed by atoms with Crippen molar-refractivity contribution in [3.8, 4) is 5.75 Å². The lowest BCUT2D eigenvalue weighted by atomic mass is 10.2. The van der Waals surface area contributed by atoms with Gasteiger partial charge in [-0.25, -0.2) is 21.6 Å². The fourth-order valence-corrected chi connectivity index (χ4v) is 4.33. The zero-order valence-corrected chi connectivity index (χ0v) is 15.0.